The van der Waals surface area contributed by atoms with Crippen molar-refractivity contribution in [1.82, 2.24) is 20.0 Å². The topological polar surface area (TPSA) is 122 Å². The lowest BCUT2D eigenvalue weighted by Crippen LogP contribution is -2.18. The molecule has 9 heteroatoms. The molecule has 2 rings (SSSR count). The molecule has 0 saturated carbocycles. The van der Waals surface area contributed by atoms with E-state index in [1.165, 1.54) is 11.7 Å². The summed E-state index contributed by atoms with van der Waals surface area (Å²) in [6, 6.07) is 1.06. The first-order valence-electron chi connectivity index (χ1n) is 4.77. The second-order valence-electron chi connectivity index (χ2n) is 3.38. The minimum absolute atomic E-state index is 0.0285. The lowest BCUT2D eigenvalue weighted by Gasteiger charge is -2.03. The Labute approximate surface area is 100 Å². The van der Waals surface area contributed by atoms with Crippen molar-refractivity contribution in [2.75, 3.05) is 5.73 Å². The van der Waals surface area contributed by atoms with Crippen LogP contribution in [0.3, 0.4) is 0 Å². The van der Waals surface area contributed by atoms with E-state index in [2.05, 4.69) is 15.3 Å². The molecule has 0 unspecified atom stereocenters. The average molecular weight is 252 g/mol. The average Bonchev–Trinajstić information content (AvgIpc) is 2.64. The Kier molecular flexibility index (Phi) is 2.80. The van der Waals surface area contributed by atoms with Crippen LogP contribution >= 0.6 is 0 Å². The Morgan fingerprint density at radius 3 is 2.89 bits per heavy atom. The maximum atomic E-state index is 13.3. The highest BCUT2D eigenvalue weighted by molar-refractivity contribution is 5.71. The zero-order chi connectivity index (χ0) is 13.3. The largest absolute Gasteiger partial charge is 0.411 e. The van der Waals surface area contributed by atoms with E-state index in [1.807, 2.05) is 0 Å². The van der Waals surface area contributed by atoms with Gasteiger partial charge in [0.05, 0.1) is 17.6 Å². The van der Waals surface area contributed by atoms with Crippen LogP contribution in [0.4, 0.5) is 14.9 Å². The minimum atomic E-state index is -1.03. The van der Waals surface area contributed by atoms with Crippen LogP contribution in [0.15, 0.2) is 12.3 Å². The molecule has 0 saturated heterocycles. The van der Waals surface area contributed by atoms with Gasteiger partial charge in [-0.15, -0.1) is 5.10 Å². The number of carbonyl (C=O) groups is 1. The van der Waals surface area contributed by atoms with E-state index in [9.17, 15) is 9.18 Å². The number of amides is 1. The highest BCUT2D eigenvalue weighted by Crippen LogP contribution is 2.26. The Bertz CT molecular complexity index is 611. The van der Waals surface area contributed by atoms with E-state index >= 15 is 0 Å². The van der Waals surface area contributed by atoms with Crippen molar-refractivity contribution in [3.05, 3.63) is 18.1 Å². The first-order valence-corrected chi connectivity index (χ1v) is 4.77. The molecule has 0 bridgehead atoms. The molecule has 8 nitrogen and oxygen atoms in total. The number of rotatable bonds is 2. The summed E-state index contributed by atoms with van der Waals surface area (Å²) in [6.07, 6.45) is 0.102. The van der Waals surface area contributed by atoms with E-state index in [4.69, 9.17) is 16.2 Å². The molecule has 4 N–H and O–H groups in total. The Morgan fingerprint density at radius 2 is 2.28 bits per heavy atom. The summed E-state index contributed by atoms with van der Waals surface area (Å²) in [6.45, 7) is 0. The molecule has 2 aromatic heterocycles. The summed E-state index contributed by atoms with van der Waals surface area (Å²) in [5.41, 5.74) is 10.3. The van der Waals surface area contributed by atoms with E-state index in [-0.39, 0.29) is 23.0 Å². The zero-order valence-electron chi connectivity index (χ0n) is 9.29. The first-order chi connectivity index (χ1) is 8.49. The highest BCUT2D eigenvalue weighted by atomic mass is 19.1. The number of nitrogens with zero attached hydrogens (tertiary/aromatic N) is 4. The number of nitrogens with two attached hydrogens (primary N) is 2. The molecule has 0 aliphatic carbocycles. The van der Waals surface area contributed by atoms with Crippen LogP contribution in [0.25, 0.3) is 11.4 Å². The van der Waals surface area contributed by atoms with Gasteiger partial charge in [0.25, 0.3) is 5.88 Å². The van der Waals surface area contributed by atoms with Crippen molar-refractivity contribution in [2.24, 2.45) is 12.8 Å². The molecule has 0 aliphatic heterocycles. The quantitative estimate of drug-likeness (QED) is 0.779. The zero-order valence-corrected chi connectivity index (χ0v) is 9.29. The lowest BCUT2D eigenvalue weighted by molar-refractivity contribution is 0.207. The van der Waals surface area contributed by atoms with Crippen molar-refractivity contribution in [3.8, 4) is 17.3 Å². The molecule has 0 radical (unpaired) electrons. The van der Waals surface area contributed by atoms with Gasteiger partial charge in [-0.05, 0) is 0 Å². The summed E-state index contributed by atoms with van der Waals surface area (Å²) < 4.78 is 19.2. The number of primary amides is 1. The molecule has 18 heavy (non-hydrogen) atoms. The van der Waals surface area contributed by atoms with Crippen LogP contribution in [-0.4, -0.2) is 26.1 Å². The number of halogens is 1. The van der Waals surface area contributed by atoms with Crippen LogP contribution in [0, 0.1) is 5.82 Å². The molecular weight excluding hydrogens is 243 g/mol. The van der Waals surface area contributed by atoms with E-state index in [0.717, 1.165) is 12.3 Å². The van der Waals surface area contributed by atoms with Crippen LogP contribution in [0.1, 0.15) is 0 Å². The fraction of sp³-hybridized carbons (Fsp3) is 0.111. The molecule has 0 aliphatic rings. The molecule has 0 atom stereocenters. The number of ether oxygens (including phenoxy) is 1. The number of aryl methyl sites for hydroxylation is 1. The Hall–Kier alpha value is -2.71. The van der Waals surface area contributed by atoms with Gasteiger partial charge in [0.1, 0.15) is 5.82 Å². The number of hydrogen-bond acceptors (Lipinski definition) is 6. The van der Waals surface area contributed by atoms with Gasteiger partial charge in [-0.25, -0.2) is 13.9 Å². The van der Waals surface area contributed by atoms with Gasteiger partial charge in [0.15, 0.2) is 5.69 Å². The summed E-state index contributed by atoms with van der Waals surface area (Å²) in [5.74, 6) is -0.685. The van der Waals surface area contributed by atoms with Crippen molar-refractivity contribution < 1.29 is 13.9 Å². The monoisotopic (exact) mass is 252 g/mol. The van der Waals surface area contributed by atoms with Gasteiger partial charge < -0.3 is 16.2 Å². The Balaban J connectivity index is 2.50. The highest BCUT2D eigenvalue weighted by Gasteiger charge is 2.18. The third kappa shape index (κ3) is 2.05. The maximum absolute atomic E-state index is 13.3. The molecule has 0 aromatic carbocycles. The molecule has 1 amide bonds. The van der Waals surface area contributed by atoms with Crippen LogP contribution in [0.5, 0.6) is 5.88 Å². The SMILES string of the molecule is Cn1nnc(-c2cc(F)c(N)cn2)c1OC(N)=O. The number of hydrogen-bond donors (Lipinski definition) is 2. The van der Waals surface area contributed by atoms with Crippen molar-refractivity contribution in [1.29, 1.82) is 0 Å². The molecule has 0 spiro atoms. The molecular formula is C9H9FN6O2. The molecule has 0 fully saturated rings. The predicted molar refractivity (Wildman–Crippen MR) is 58.8 cm³/mol. The van der Waals surface area contributed by atoms with Crippen molar-refractivity contribution >= 4 is 11.8 Å². The number of aromatic nitrogens is 4. The predicted octanol–water partition coefficient (Wildman–Crippen LogP) is 0.0559. The van der Waals surface area contributed by atoms with Gasteiger partial charge in [-0.3, -0.25) is 4.98 Å². The van der Waals surface area contributed by atoms with Gasteiger partial charge in [0, 0.05) is 13.1 Å². The first kappa shape index (κ1) is 11.8. The van der Waals surface area contributed by atoms with Crippen LogP contribution < -0.4 is 16.2 Å². The summed E-state index contributed by atoms with van der Waals surface area (Å²) in [4.78, 5) is 14.6. The van der Waals surface area contributed by atoms with Gasteiger partial charge in [-0.1, -0.05) is 5.21 Å². The number of pyridine rings is 1. The van der Waals surface area contributed by atoms with Crippen molar-refractivity contribution in [2.45, 2.75) is 0 Å². The van der Waals surface area contributed by atoms with Gasteiger partial charge in [0.2, 0.25) is 0 Å². The third-order valence-corrected chi connectivity index (χ3v) is 2.10. The smallest absolute Gasteiger partial charge is 0.395 e. The maximum Gasteiger partial charge on any atom is 0.411 e. The number of carbonyl (C=O) groups excluding carboxylic acids is 1. The van der Waals surface area contributed by atoms with E-state index < -0.39 is 11.9 Å². The van der Waals surface area contributed by atoms with Gasteiger partial charge in [-0.2, -0.15) is 0 Å². The molecule has 94 valence electrons. The number of anilines is 1. The van der Waals surface area contributed by atoms with Crippen molar-refractivity contribution in [3.63, 3.8) is 0 Å². The van der Waals surface area contributed by atoms with Crippen LogP contribution in [0.2, 0.25) is 0 Å². The number of nitrogen functional groups attached to an aromatic ring is 1. The second-order valence-corrected chi connectivity index (χ2v) is 3.38. The van der Waals surface area contributed by atoms with Crippen LogP contribution in [-0.2, 0) is 7.05 Å². The minimum Gasteiger partial charge on any atom is -0.395 e. The van der Waals surface area contributed by atoms with E-state index in [1.54, 1.807) is 0 Å². The standard InChI is InChI=1S/C9H9FN6O2/c1-16-8(18-9(12)17)7(14-15-16)6-2-4(10)5(11)3-13-6/h2-3H,11H2,1H3,(H2,12,17). The third-order valence-electron chi connectivity index (χ3n) is 2.10. The second kappa shape index (κ2) is 4.28. The normalized spacial score (nSPS) is 10.3. The summed E-state index contributed by atoms with van der Waals surface area (Å²) in [5, 5.41) is 7.36. The fourth-order valence-corrected chi connectivity index (χ4v) is 1.29. The fourth-order valence-electron chi connectivity index (χ4n) is 1.29. The molecule has 2 aromatic rings. The van der Waals surface area contributed by atoms with Gasteiger partial charge >= 0.3 is 6.09 Å². The lowest BCUT2D eigenvalue weighted by atomic mass is 10.2. The summed E-state index contributed by atoms with van der Waals surface area (Å²) >= 11 is 0. The van der Waals surface area contributed by atoms with E-state index in [0.29, 0.717) is 0 Å². The molecule has 2 heterocycles. The summed E-state index contributed by atoms with van der Waals surface area (Å²) in [7, 11) is 1.49. The Morgan fingerprint density at radius 1 is 1.56 bits per heavy atom.